The highest BCUT2D eigenvalue weighted by atomic mass is 16.5. The van der Waals surface area contributed by atoms with Crippen molar-refractivity contribution in [1.29, 1.82) is 0 Å². The highest BCUT2D eigenvalue weighted by Gasteiger charge is 2.39. The van der Waals surface area contributed by atoms with Crippen molar-refractivity contribution in [3.63, 3.8) is 0 Å². The number of H-pyrrole nitrogens is 2. The van der Waals surface area contributed by atoms with Crippen LogP contribution in [0.2, 0.25) is 0 Å². The minimum atomic E-state index is -0.676. The van der Waals surface area contributed by atoms with E-state index in [9.17, 15) is 19.2 Å². The molecule has 2 fully saturated rings. The monoisotopic (exact) mass is 742 g/mol. The molecule has 14 nitrogen and oxygen atoms in total. The van der Waals surface area contributed by atoms with Gasteiger partial charge in [0.05, 0.1) is 50.1 Å². The molecule has 4 amide bonds. The van der Waals surface area contributed by atoms with Gasteiger partial charge in [-0.3, -0.25) is 9.59 Å². The smallest absolute Gasteiger partial charge is 0.407 e. The number of carbonyl (C=O) groups is 4. The fourth-order valence-electron chi connectivity index (χ4n) is 8.02. The first-order chi connectivity index (χ1) is 26.0. The number of hydrogen-bond donors (Lipinski definition) is 4. The van der Waals surface area contributed by atoms with Gasteiger partial charge in [-0.1, -0.05) is 58.0 Å². The number of allylic oxidation sites excluding steroid dienone is 2. The van der Waals surface area contributed by atoms with Crippen molar-refractivity contribution in [3.05, 3.63) is 65.6 Å². The van der Waals surface area contributed by atoms with Crippen molar-refractivity contribution in [2.45, 2.75) is 103 Å². The van der Waals surface area contributed by atoms with E-state index >= 15 is 0 Å². The van der Waals surface area contributed by atoms with Crippen LogP contribution in [0.5, 0.6) is 0 Å². The molecule has 5 atom stereocenters. The average Bonchev–Trinajstić information content (AvgIpc) is 4.02. The van der Waals surface area contributed by atoms with Gasteiger partial charge in [-0.2, -0.15) is 0 Å². The summed E-state index contributed by atoms with van der Waals surface area (Å²) in [6.45, 7) is 8.86. The molecule has 0 saturated carbocycles. The van der Waals surface area contributed by atoms with Crippen LogP contribution in [0.4, 0.5) is 9.59 Å². The number of benzene rings is 1. The Morgan fingerprint density at radius 1 is 0.741 bits per heavy atom. The van der Waals surface area contributed by atoms with Crippen LogP contribution < -0.4 is 10.6 Å². The van der Waals surface area contributed by atoms with Gasteiger partial charge in [0, 0.05) is 13.1 Å². The summed E-state index contributed by atoms with van der Waals surface area (Å²) in [6, 6.07) is 6.93. The van der Waals surface area contributed by atoms with Gasteiger partial charge in [-0.15, -0.1) is 0 Å². The zero-order valence-electron chi connectivity index (χ0n) is 32.2. The Kier molecular flexibility index (Phi) is 12.1. The quantitative estimate of drug-likeness (QED) is 0.179. The Balaban J connectivity index is 1.07. The van der Waals surface area contributed by atoms with E-state index < -0.39 is 24.3 Å². The lowest BCUT2D eigenvalue weighted by Crippen LogP contribution is -2.51. The van der Waals surface area contributed by atoms with Gasteiger partial charge in [-0.05, 0) is 79.4 Å². The van der Waals surface area contributed by atoms with Crippen molar-refractivity contribution in [1.82, 2.24) is 40.4 Å². The maximum absolute atomic E-state index is 13.5. The minimum absolute atomic E-state index is 0.0886. The molecule has 1 aliphatic carbocycles. The summed E-state index contributed by atoms with van der Waals surface area (Å²) in [5.41, 5.74) is 5.42. The number of aromatic amines is 2. The fraction of sp³-hybridized carbons (Fsp3) is 0.550. The van der Waals surface area contributed by atoms with Crippen molar-refractivity contribution in [3.8, 4) is 11.3 Å². The van der Waals surface area contributed by atoms with Crippen molar-refractivity contribution in [2.24, 2.45) is 11.8 Å². The highest BCUT2D eigenvalue weighted by molar-refractivity contribution is 5.87. The third-order valence-corrected chi connectivity index (χ3v) is 11.1. The van der Waals surface area contributed by atoms with Crippen LogP contribution in [-0.2, 0) is 19.1 Å². The van der Waals surface area contributed by atoms with E-state index in [4.69, 9.17) is 14.5 Å². The Bertz CT molecular complexity index is 1830. The van der Waals surface area contributed by atoms with E-state index in [0.717, 1.165) is 73.5 Å². The molecule has 0 spiro atoms. The van der Waals surface area contributed by atoms with E-state index in [1.165, 1.54) is 25.4 Å². The van der Waals surface area contributed by atoms with Crippen LogP contribution >= 0.6 is 0 Å². The molecule has 6 rings (SSSR count). The number of nitrogens with one attached hydrogen (secondary N) is 4. The predicted molar refractivity (Wildman–Crippen MR) is 203 cm³/mol. The Morgan fingerprint density at radius 3 is 1.70 bits per heavy atom. The van der Waals surface area contributed by atoms with E-state index in [1.807, 2.05) is 49.9 Å². The lowest BCUT2D eigenvalue weighted by molar-refractivity contribution is -0.136. The maximum atomic E-state index is 13.5. The SMILES string of the molecule is COC(=O)NC(C(=O)N1CCC[C@H]1c1ncc(-c2ccc(C3CC=C(c4cnc([C@@H]5CCCN5C(=O)[C@@H](NC(=O)OC)C(C)C)[nH]4)CC3)cc2)[nH]1)C(C)C. The van der Waals surface area contributed by atoms with Crippen LogP contribution in [-0.4, -0.2) is 93.1 Å². The molecule has 0 radical (unpaired) electrons. The van der Waals surface area contributed by atoms with E-state index in [-0.39, 0.29) is 35.7 Å². The standard InChI is InChI=1S/C40H54N8O6/c1-23(2)33(45-39(51)53-5)37(49)47-19-7-9-31(47)35-41-21-29(43-35)27-15-11-25(12-16-27)26-13-17-28(18-14-26)30-22-42-36(44-30)32-10-8-20-48(32)38(50)34(24(3)4)46-40(52)54-6/h11-12,15-17,21-24,26,31-34H,7-10,13-14,18-20H2,1-6H3,(H,41,43)(H,42,44)(H,45,51)(H,46,52)/t26?,31-,32-,33?,34-/m0/s1. The zero-order valence-corrected chi connectivity index (χ0v) is 32.2. The number of likely N-dealkylation sites (tertiary alicyclic amines) is 2. The first-order valence-corrected chi connectivity index (χ1v) is 19.2. The molecule has 3 aromatic rings. The van der Waals surface area contributed by atoms with Gasteiger partial charge in [-0.25, -0.2) is 19.6 Å². The Labute approximate surface area is 316 Å². The number of alkyl carbamates (subject to hydrolysis) is 2. The maximum Gasteiger partial charge on any atom is 0.407 e. The molecular weight excluding hydrogens is 688 g/mol. The number of amides is 4. The average molecular weight is 743 g/mol. The van der Waals surface area contributed by atoms with Crippen molar-refractivity contribution < 1.29 is 28.7 Å². The second-order valence-corrected chi connectivity index (χ2v) is 15.3. The lowest BCUT2D eigenvalue weighted by Gasteiger charge is -2.30. The molecule has 2 saturated heterocycles. The van der Waals surface area contributed by atoms with Gasteiger partial charge in [0.2, 0.25) is 11.8 Å². The molecule has 290 valence electrons. The molecule has 54 heavy (non-hydrogen) atoms. The van der Waals surface area contributed by atoms with Crippen molar-refractivity contribution >= 4 is 29.6 Å². The van der Waals surface area contributed by atoms with Crippen LogP contribution in [0.15, 0.2) is 42.7 Å². The van der Waals surface area contributed by atoms with Crippen LogP contribution in [0, 0.1) is 11.8 Å². The number of nitrogens with zero attached hydrogens (tertiary/aromatic N) is 4. The summed E-state index contributed by atoms with van der Waals surface area (Å²) >= 11 is 0. The second kappa shape index (κ2) is 16.9. The van der Waals surface area contributed by atoms with E-state index in [0.29, 0.717) is 19.0 Å². The summed E-state index contributed by atoms with van der Waals surface area (Å²) in [7, 11) is 2.59. The van der Waals surface area contributed by atoms with Gasteiger partial charge in [0.1, 0.15) is 23.7 Å². The fourth-order valence-corrected chi connectivity index (χ4v) is 8.02. The summed E-state index contributed by atoms with van der Waals surface area (Å²) < 4.78 is 9.52. The number of aromatic nitrogens is 4. The van der Waals surface area contributed by atoms with Gasteiger partial charge >= 0.3 is 12.2 Å². The molecule has 0 bridgehead atoms. The van der Waals surface area contributed by atoms with Crippen LogP contribution in [0.25, 0.3) is 16.8 Å². The summed E-state index contributed by atoms with van der Waals surface area (Å²) in [6.07, 6.45) is 10.9. The normalized spacial score (nSPS) is 21.2. The molecule has 2 unspecified atom stereocenters. The Hall–Kier alpha value is -5.14. The molecule has 3 aliphatic rings. The number of carbonyl (C=O) groups excluding carboxylic acids is 4. The number of imidazole rings is 2. The summed E-state index contributed by atoms with van der Waals surface area (Å²) in [4.78, 5) is 71.0. The number of ether oxygens (including phenoxy) is 2. The molecule has 2 aliphatic heterocycles. The number of hydrogen-bond acceptors (Lipinski definition) is 8. The van der Waals surface area contributed by atoms with Crippen molar-refractivity contribution in [2.75, 3.05) is 27.3 Å². The highest BCUT2D eigenvalue weighted by Crippen LogP contribution is 2.38. The lowest BCUT2D eigenvalue weighted by atomic mass is 9.83. The van der Waals surface area contributed by atoms with Gasteiger partial charge in [0.25, 0.3) is 0 Å². The summed E-state index contributed by atoms with van der Waals surface area (Å²) in [5.74, 6) is 1.49. The third kappa shape index (κ3) is 8.32. The first kappa shape index (κ1) is 38.6. The largest absolute Gasteiger partial charge is 0.453 e. The van der Waals surface area contributed by atoms with Crippen LogP contribution in [0.1, 0.15) is 114 Å². The predicted octanol–water partition coefficient (Wildman–Crippen LogP) is 6.24. The summed E-state index contributed by atoms with van der Waals surface area (Å²) in [5, 5.41) is 5.41. The molecule has 14 heteroatoms. The van der Waals surface area contributed by atoms with Gasteiger partial charge < -0.3 is 39.9 Å². The minimum Gasteiger partial charge on any atom is -0.453 e. The van der Waals surface area contributed by atoms with Crippen LogP contribution in [0.3, 0.4) is 0 Å². The number of methoxy groups -OCH3 is 2. The molecule has 4 heterocycles. The topological polar surface area (TPSA) is 175 Å². The zero-order chi connectivity index (χ0) is 38.5. The molecular formula is C40H54N8O6. The third-order valence-electron chi connectivity index (χ3n) is 11.1. The Morgan fingerprint density at radius 2 is 1.24 bits per heavy atom. The van der Waals surface area contributed by atoms with Gasteiger partial charge in [0.15, 0.2) is 0 Å². The van der Waals surface area contributed by atoms with E-state index in [1.54, 1.807) is 0 Å². The molecule has 1 aromatic carbocycles. The number of rotatable bonds is 11. The first-order valence-electron chi connectivity index (χ1n) is 19.2. The molecule has 2 aromatic heterocycles. The van der Waals surface area contributed by atoms with E-state index in [2.05, 4.69) is 55.9 Å². The second-order valence-electron chi connectivity index (χ2n) is 15.3. The molecule has 4 N–H and O–H groups in total.